The van der Waals surface area contributed by atoms with E-state index >= 15 is 0 Å². The van der Waals surface area contributed by atoms with Crippen molar-refractivity contribution in [2.45, 2.75) is 134 Å². The van der Waals surface area contributed by atoms with Crippen LogP contribution in [0.15, 0.2) is 5.16 Å². The summed E-state index contributed by atoms with van der Waals surface area (Å²) in [6, 6.07) is -0.236. The van der Waals surface area contributed by atoms with Gasteiger partial charge in [-0.1, -0.05) is 32.9 Å². The minimum absolute atomic E-state index is 0.177. The van der Waals surface area contributed by atoms with Crippen molar-refractivity contribution < 1.29 is 58.5 Å². The fourth-order valence-electron chi connectivity index (χ4n) is 7.53. The molecule has 0 aliphatic carbocycles. The first-order chi connectivity index (χ1) is 21.8. The Bertz CT molecular complexity index is 1060. The maximum absolute atomic E-state index is 13.7. The Morgan fingerprint density at radius 3 is 2.32 bits per heavy atom. The third-order valence-corrected chi connectivity index (χ3v) is 10.4. The van der Waals surface area contributed by atoms with Gasteiger partial charge in [0, 0.05) is 30.9 Å². The summed E-state index contributed by atoms with van der Waals surface area (Å²) in [5, 5.41) is 51.1. The zero-order valence-electron chi connectivity index (χ0n) is 30.0. The quantitative estimate of drug-likeness (QED) is 0.114. The lowest BCUT2D eigenvalue weighted by molar-refractivity contribution is -0.285. The average molecular weight is 677 g/mol. The van der Waals surface area contributed by atoms with E-state index in [1.54, 1.807) is 34.8 Å². The molecule has 3 aliphatic rings. The van der Waals surface area contributed by atoms with Gasteiger partial charge in [0.15, 0.2) is 12.1 Å². The smallest absolute Gasteiger partial charge is 0.314 e. The van der Waals surface area contributed by atoms with E-state index in [1.165, 1.54) is 13.8 Å². The molecule has 0 spiro atoms. The summed E-state index contributed by atoms with van der Waals surface area (Å²) in [4.78, 5) is 21.1. The highest BCUT2D eigenvalue weighted by atomic mass is 16.7. The van der Waals surface area contributed by atoms with E-state index in [2.05, 4.69) is 5.16 Å². The predicted molar refractivity (Wildman–Crippen MR) is 171 cm³/mol. The monoisotopic (exact) mass is 676 g/mol. The van der Waals surface area contributed by atoms with Crippen LogP contribution >= 0.6 is 0 Å². The molecule has 3 saturated heterocycles. The van der Waals surface area contributed by atoms with Crippen LogP contribution in [0.2, 0.25) is 0 Å². The summed E-state index contributed by atoms with van der Waals surface area (Å²) < 4.78 is 35.4. The second-order valence-electron chi connectivity index (χ2n) is 14.4. The van der Waals surface area contributed by atoms with Crippen molar-refractivity contribution >= 4 is 11.7 Å². The number of ether oxygens (including phenoxy) is 6. The number of hydrogen-bond acceptors (Lipinski definition) is 14. The third-order valence-electron chi connectivity index (χ3n) is 10.4. The van der Waals surface area contributed by atoms with E-state index < -0.39 is 77.3 Å². The fourth-order valence-corrected chi connectivity index (χ4v) is 7.53. The maximum Gasteiger partial charge on any atom is 0.314 e. The standard InChI is InChI=1S/C33H60N2O12/c1-12-24-32(8,39)27(37)20(4)25(34-43-17-42-14-13-41-11)18(2)16-31(7)28(21(5)33(40,47-31)22(6)29(38)45-24)46-30-26(36)23(35(9)10)15-19(3)44-30/h18-24,26-28,30,36-37,39-40H,12-17H2,1-11H3/b34-25+/t18-,19-,20+,21-,22+,23+,24-,26-,27-,28-,30+,31-,32-,33-/m1/s1. The van der Waals surface area contributed by atoms with Crippen molar-refractivity contribution in [1.82, 2.24) is 4.90 Å². The second kappa shape index (κ2) is 16.0. The lowest BCUT2D eigenvalue weighted by Gasteiger charge is -2.44. The summed E-state index contributed by atoms with van der Waals surface area (Å²) in [5.74, 6) is -6.14. The highest BCUT2D eigenvalue weighted by Crippen LogP contribution is 2.51. The summed E-state index contributed by atoms with van der Waals surface area (Å²) in [7, 11) is 5.32. The van der Waals surface area contributed by atoms with Gasteiger partial charge in [-0.15, -0.1) is 0 Å². The van der Waals surface area contributed by atoms with Crippen LogP contribution in [0.1, 0.15) is 74.7 Å². The minimum atomic E-state index is -2.06. The van der Waals surface area contributed by atoms with Crippen LogP contribution in [0.4, 0.5) is 0 Å². The van der Waals surface area contributed by atoms with Crippen molar-refractivity contribution in [3.63, 3.8) is 0 Å². The first-order valence-corrected chi connectivity index (χ1v) is 16.8. The van der Waals surface area contributed by atoms with Crippen LogP contribution < -0.4 is 0 Å². The molecule has 2 bridgehead atoms. The van der Waals surface area contributed by atoms with Crippen molar-refractivity contribution in [1.29, 1.82) is 0 Å². The Labute approximate surface area is 279 Å². The lowest BCUT2D eigenvalue weighted by Crippen LogP contribution is -2.57. The van der Waals surface area contributed by atoms with E-state index in [0.29, 0.717) is 18.7 Å². The van der Waals surface area contributed by atoms with Crippen molar-refractivity contribution in [3.8, 4) is 0 Å². The molecule has 0 radical (unpaired) electrons. The Hall–Kier alpha value is -1.46. The molecule has 0 aromatic heterocycles. The molecule has 14 heteroatoms. The van der Waals surface area contributed by atoms with Gasteiger partial charge < -0.3 is 58.6 Å². The summed E-state index contributed by atoms with van der Waals surface area (Å²) in [5.41, 5.74) is -2.76. The van der Waals surface area contributed by atoms with Gasteiger partial charge >= 0.3 is 5.97 Å². The van der Waals surface area contributed by atoms with Crippen LogP contribution in [-0.2, 0) is 38.1 Å². The number of fused-ring (bicyclic) bond motifs is 2. The Balaban J connectivity index is 2.09. The molecule has 0 amide bonds. The number of aliphatic hydroxyl groups excluding tert-OH is 2. The van der Waals surface area contributed by atoms with Gasteiger partial charge in [-0.2, -0.15) is 0 Å². The lowest BCUT2D eigenvalue weighted by atomic mass is 9.75. The molecule has 4 N–H and O–H groups in total. The van der Waals surface area contributed by atoms with Gasteiger partial charge in [0.1, 0.15) is 23.7 Å². The molecular weight excluding hydrogens is 616 g/mol. The van der Waals surface area contributed by atoms with Gasteiger partial charge in [0.25, 0.3) is 0 Å². The van der Waals surface area contributed by atoms with Crippen LogP contribution in [0.25, 0.3) is 0 Å². The molecule has 47 heavy (non-hydrogen) atoms. The number of rotatable bonds is 10. The van der Waals surface area contributed by atoms with E-state index in [0.717, 1.165) is 0 Å². The zero-order chi connectivity index (χ0) is 35.5. The number of carbonyl (C=O) groups is 1. The molecule has 14 atom stereocenters. The van der Waals surface area contributed by atoms with Crippen LogP contribution in [0, 0.1) is 23.7 Å². The van der Waals surface area contributed by atoms with Crippen LogP contribution in [0.5, 0.6) is 0 Å². The predicted octanol–water partition coefficient (Wildman–Crippen LogP) is 1.65. The van der Waals surface area contributed by atoms with E-state index in [9.17, 15) is 25.2 Å². The Kier molecular flexibility index (Phi) is 13.6. The van der Waals surface area contributed by atoms with Crippen LogP contribution in [0.3, 0.4) is 0 Å². The number of aliphatic hydroxyl groups is 4. The Morgan fingerprint density at radius 1 is 1.06 bits per heavy atom. The largest absolute Gasteiger partial charge is 0.459 e. The van der Waals surface area contributed by atoms with E-state index in [1.807, 2.05) is 32.8 Å². The topological polar surface area (TPSA) is 178 Å². The van der Waals surface area contributed by atoms with Crippen molar-refractivity contribution in [2.75, 3.05) is 41.2 Å². The molecule has 3 fully saturated rings. The average Bonchev–Trinajstić information content (AvgIpc) is 3.19. The SMILES string of the molecule is CC[C@H]1OC(=O)[C@H](C)[C@]2(O)O[C@](C)(C[C@@H](C)/C(=N\OCOCCOC)[C@H](C)[C@@H](O)[C@]1(C)O)[C@H](O[C@@H]1O[C@H](C)C[C@H](N(C)C)[C@H]1O)[C@H]2C. The number of cyclic esters (lactones) is 1. The van der Waals surface area contributed by atoms with Crippen LogP contribution in [-0.4, -0.2) is 138 Å². The highest BCUT2D eigenvalue weighted by molar-refractivity contribution is 5.88. The second-order valence-corrected chi connectivity index (χ2v) is 14.4. The summed E-state index contributed by atoms with van der Waals surface area (Å²) >= 11 is 0. The van der Waals surface area contributed by atoms with Gasteiger partial charge in [0.2, 0.25) is 6.79 Å². The van der Waals surface area contributed by atoms with Gasteiger partial charge in [-0.05, 0) is 61.1 Å². The molecule has 3 heterocycles. The van der Waals surface area contributed by atoms with Crippen molar-refractivity contribution in [3.05, 3.63) is 0 Å². The molecule has 0 aromatic carbocycles. The molecule has 3 aliphatic heterocycles. The molecule has 0 saturated carbocycles. The first-order valence-electron chi connectivity index (χ1n) is 16.8. The molecule has 14 nitrogen and oxygen atoms in total. The molecule has 0 aromatic rings. The van der Waals surface area contributed by atoms with Gasteiger partial charge in [0.05, 0.1) is 42.8 Å². The number of carbonyl (C=O) groups excluding carboxylic acids is 1. The molecule has 3 rings (SSSR count). The Morgan fingerprint density at radius 2 is 1.72 bits per heavy atom. The zero-order valence-corrected chi connectivity index (χ0v) is 30.0. The number of methoxy groups -OCH3 is 1. The number of esters is 1. The minimum Gasteiger partial charge on any atom is -0.459 e. The molecular formula is C33H60N2O12. The molecule has 274 valence electrons. The van der Waals surface area contributed by atoms with Gasteiger partial charge in [-0.3, -0.25) is 4.79 Å². The number of likely N-dealkylation sites (N-methyl/N-ethyl adjacent to an activating group) is 1. The van der Waals surface area contributed by atoms with E-state index in [-0.39, 0.29) is 38.4 Å². The first kappa shape index (κ1) is 40.0. The normalized spacial score (nSPS) is 46.1. The molecule has 0 unspecified atom stereocenters. The fraction of sp³-hybridized carbons (Fsp3) is 0.939. The number of nitrogens with zero attached hydrogens (tertiary/aromatic N) is 2. The summed E-state index contributed by atoms with van der Waals surface area (Å²) in [6.45, 7) is 14.1. The van der Waals surface area contributed by atoms with Crippen molar-refractivity contribution in [2.24, 2.45) is 28.8 Å². The van der Waals surface area contributed by atoms with E-state index in [4.69, 9.17) is 33.3 Å². The highest BCUT2D eigenvalue weighted by Gasteiger charge is 2.64. The van der Waals surface area contributed by atoms with Gasteiger partial charge in [-0.25, -0.2) is 0 Å². The third kappa shape index (κ3) is 8.47. The number of oxime groups is 1. The maximum atomic E-state index is 13.7. The summed E-state index contributed by atoms with van der Waals surface area (Å²) in [6.07, 6.45) is -4.71. The number of hydrogen-bond donors (Lipinski definition) is 4.